The van der Waals surface area contributed by atoms with Crippen LogP contribution in [0.15, 0.2) is 54.7 Å². The summed E-state index contributed by atoms with van der Waals surface area (Å²) in [6, 6.07) is 15.5. The molecule has 0 amide bonds. The number of aromatic nitrogens is 2. The first-order chi connectivity index (χ1) is 17.4. The molecular formula is C29H43N5O2. The van der Waals surface area contributed by atoms with E-state index in [9.17, 15) is 0 Å². The maximum absolute atomic E-state index is 6.92. The SMILES string of the molecule is CC.CCCN(CCC)c1cc(N)nc(OCCOc2ccc(C)cn2)c1.Cc1cccc(C=N)c1. The Bertz CT molecular complexity index is 1000. The van der Waals surface area contributed by atoms with E-state index in [-0.39, 0.29) is 0 Å². The first-order valence-corrected chi connectivity index (χ1v) is 12.7. The summed E-state index contributed by atoms with van der Waals surface area (Å²) >= 11 is 0. The highest BCUT2D eigenvalue weighted by atomic mass is 16.5. The smallest absolute Gasteiger partial charge is 0.217 e. The molecule has 0 saturated carbocycles. The molecule has 1 aromatic carbocycles. The van der Waals surface area contributed by atoms with Crippen LogP contribution in [-0.4, -0.2) is 42.5 Å². The highest BCUT2D eigenvalue weighted by molar-refractivity contribution is 5.76. The lowest BCUT2D eigenvalue weighted by Gasteiger charge is -2.24. The minimum atomic E-state index is 0.382. The molecule has 0 radical (unpaired) electrons. The number of nitrogen functional groups attached to an aromatic ring is 1. The number of ether oxygens (including phenoxy) is 2. The number of hydrogen-bond acceptors (Lipinski definition) is 7. The van der Waals surface area contributed by atoms with Crippen molar-refractivity contribution in [3.8, 4) is 11.8 Å². The molecule has 0 unspecified atom stereocenters. The van der Waals surface area contributed by atoms with Gasteiger partial charge in [-0.05, 0) is 37.8 Å². The van der Waals surface area contributed by atoms with Gasteiger partial charge in [-0.15, -0.1) is 0 Å². The summed E-state index contributed by atoms with van der Waals surface area (Å²) in [5.41, 5.74) is 10.3. The van der Waals surface area contributed by atoms with Gasteiger partial charge in [0.2, 0.25) is 11.8 Å². The van der Waals surface area contributed by atoms with Gasteiger partial charge in [-0.1, -0.05) is 63.6 Å². The Morgan fingerprint density at radius 3 is 2.08 bits per heavy atom. The maximum Gasteiger partial charge on any atom is 0.217 e. The molecule has 0 aliphatic heterocycles. The average Bonchev–Trinajstić information content (AvgIpc) is 2.89. The van der Waals surface area contributed by atoms with E-state index >= 15 is 0 Å². The van der Waals surface area contributed by atoms with Crippen molar-refractivity contribution >= 4 is 17.7 Å². The van der Waals surface area contributed by atoms with Gasteiger partial charge in [0.25, 0.3) is 0 Å². The summed E-state index contributed by atoms with van der Waals surface area (Å²) in [6.45, 7) is 15.1. The van der Waals surface area contributed by atoms with Crippen molar-refractivity contribution in [2.24, 2.45) is 0 Å². The van der Waals surface area contributed by atoms with Gasteiger partial charge in [0.1, 0.15) is 19.0 Å². The zero-order valence-electron chi connectivity index (χ0n) is 22.8. The van der Waals surface area contributed by atoms with Crippen LogP contribution in [0.3, 0.4) is 0 Å². The topological polar surface area (TPSA) is 97.3 Å². The van der Waals surface area contributed by atoms with Crippen molar-refractivity contribution in [1.29, 1.82) is 5.41 Å². The Morgan fingerprint density at radius 1 is 0.889 bits per heavy atom. The summed E-state index contributed by atoms with van der Waals surface area (Å²) in [4.78, 5) is 10.7. The van der Waals surface area contributed by atoms with E-state index in [0.29, 0.717) is 30.8 Å². The highest BCUT2D eigenvalue weighted by Crippen LogP contribution is 2.23. The molecule has 7 heteroatoms. The lowest BCUT2D eigenvalue weighted by atomic mass is 10.2. The van der Waals surface area contributed by atoms with E-state index in [1.165, 1.54) is 11.8 Å². The van der Waals surface area contributed by atoms with E-state index in [2.05, 4.69) is 28.7 Å². The van der Waals surface area contributed by atoms with Crippen molar-refractivity contribution in [3.05, 3.63) is 71.4 Å². The van der Waals surface area contributed by atoms with Crippen LogP contribution in [0.5, 0.6) is 11.8 Å². The number of aryl methyl sites for hydroxylation is 2. The minimum Gasteiger partial charge on any atom is -0.474 e. The normalized spacial score (nSPS) is 9.72. The van der Waals surface area contributed by atoms with E-state index in [1.54, 1.807) is 6.20 Å². The van der Waals surface area contributed by atoms with Crippen LogP contribution in [0.25, 0.3) is 0 Å². The van der Waals surface area contributed by atoms with Gasteiger partial charge < -0.3 is 25.5 Å². The number of hydrogen-bond donors (Lipinski definition) is 2. The molecule has 3 N–H and O–H groups in total. The molecule has 2 heterocycles. The molecule has 0 saturated heterocycles. The average molecular weight is 494 g/mol. The summed E-state index contributed by atoms with van der Waals surface area (Å²) < 4.78 is 11.3. The molecule has 0 bridgehead atoms. The van der Waals surface area contributed by atoms with E-state index in [4.69, 9.17) is 20.6 Å². The number of nitrogens with zero attached hydrogens (tertiary/aromatic N) is 3. The molecule has 2 aromatic heterocycles. The number of rotatable bonds is 11. The summed E-state index contributed by atoms with van der Waals surface area (Å²) in [6.07, 6.45) is 5.29. The molecule has 196 valence electrons. The lowest BCUT2D eigenvalue weighted by Crippen LogP contribution is -2.25. The molecule has 0 aliphatic rings. The molecule has 0 spiro atoms. The number of anilines is 2. The van der Waals surface area contributed by atoms with Crippen LogP contribution in [0.1, 0.15) is 57.2 Å². The standard InChI is InChI=1S/C19H28N4O2.C8H9N.C2H6/c1-4-8-23(9-5-2)16-12-17(20)22-19(13-16)25-11-10-24-18-7-6-15(3)14-21-18;1-7-3-2-4-8(5-7)6-9;1-2/h6-7,12-14H,4-5,8-11H2,1-3H3,(H2,20,22);2-6,9H,1H3;1-2H3. The summed E-state index contributed by atoms with van der Waals surface area (Å²) in [7, 11) is 0. The molecule has 0 atom stereocenters. The Kier molecular flexibility index (Phi) is 15.0. The van der Waals surface area contributed by atoms with Gasteiger partial charge in [-0.25, -0.2) is 4.98 Å². The Labute approximate surface area is 217 Å². The zero-order chi connectivity index (χ0) is 26.8. The van der Waals surface area contributed by atoms with Crippen LogP contribution in [0.2, 0.25) is 0 Å². The maximum atomic E-state index is 6.92. The molecule has 0 aliphatic carbocycles. The first-order valence-electron chi connectivity index (χ1n) is 12.7. The van der Waals surface area contributed by atoms with Gasteiger partial charge in [0.05, 0.1) is 0 Å². The lowest BCUT2D eigenvalue weighted by molar-refractivity contribution is 0.207. The van der Waals surface area contributed by atoms with Crippen molar-refractivity contribution in [1.82, 2.24) is 9.97 Å². The second-order valence-electron chi connectivity index (χ2n) is 8.00. The predicted molar refractivity (Wildman–Crippen MR) is 152 cm³/mol. The van der Waals surface area contributed by atoms with E-state index in [0.717, 1.165) is 42.7 Å². The molecule has 36 heavy (non-hydrogen) atoms. The second kappa shape index (κ2) is 17.8. The fourth-order valence-electron chi connectivity index (χ4n) is 3.27. The predicted octanol–water partition coefficient (Wildman–Crippen LogP) is 6.47. The van der Waals surface area contributed by atoms with Crippen molar-refractivity contribution in [3.63, 3.8) is 0 Å². The Balaban J connectivity index is 0.000000491. The van der Waals surface area contributed by atoms with Gasteiger partial charge in [-0.2, -0.15) is 4.98 Å². The summed E-state index contributed by atoms with van der Waals surface area (Å²) in [5.74, 6) is 1.57. The van der Waals surface area contributed by atoms with Crippen LogP contribution in [-0.2, 0) is 0 Å². The van der Waals surface area contributed by atoms with Crippen molar-refractivity contribution < 1.29 is 9.47 Å². The van der Waals surface area contributed by atoms with Crippen LogP contribution < -0.4 is 20.1 Å². The third-order valence-electron chi connectivity index (χ3n) is 4.83. The Hall–Kier alpha value is -3.61. The molecule has 0 fully saturated rings. The highest BCUT2D eigenvalue weighted by Gasteiger charge is 2.09. The molecule has 3 rings (SSSR count). The van der Waals surface area contributed by atoms with Gasteiger partial charge in [-0.3, -0.25) is 0 Å². The van der Waals surface area contributed by atoms with Crippen LogP contribution in [0, 0.1) is 19.3 Å². The number of pyridine rings is 2. The molecule has 3 aromatic rings. The fraction of sp³-hybridized carbons (Fsp3) is 0.414. The van der Waals surface area contributed by atoms with Gasteiger partial charge >= 0.3 is 0 Å². The fourth-order valence-corrected chi connectivity index (χ4v) is 3.27. The van der Waals surface area contributed by atoms with Crippen molar-refractivity contribution in [2.75, 3.05) is 36.9 Å². The molecular weight excluding hydrogens is 450 g/mol. The number of nitrogens with one attached hydrogen (secondary N) is 1. The van der Waals surface area contributed by atoms with E-state index < -0.39 is 0 Å². The third-order valence-corrected chi connectivity index (χ3v) is 4.83. The van der Waals surface area contributed by atoms with Gasteiger partial charge in [0, 0.05) is 49.4 Å². The quantitative estimate of drug-likeness (QED) is 0.235. The van der Waals surface area contributed by atoms with Gasteiger partial charge in [0.15, 0.2) is 0 Å². The van der Waals surface area contributed by atoms with Crippen LogP contribution >= 0.6 is 0 Å². The number of nitrogens with two attached hydrogens (primary N) is 1. The monoisotopic (exact) mass is 493 g/mol. The second-order valence-corrected chi connectivity index (χ2v) is 8.00. The largest absolute Gasteiger partial charge is 0.474 e. The minimum absolute atomic E-state index is 0.382. The summed E-state index contributed by atoms with van der Waals surface area (Å²) in [5, 5.41) is 6.92. The zero-order valence-corrected chi connectivity index (χ0v) is 22.8. The van der Waals surface area contributed by atoms with Crippen LogP contribution in [0.4, 0.5) is 11.5 Å². The van der Waals surface area contributed by atoms with E-state index in [1.807, 2.05) is 76.2 Å². The molecule has 7 nitrogen and oxygen atoms in total. The Morgan fingerprint density at radius 2 is 1.56 bits per heavy atom. The third kappa shape index (κ3) is 11.7. The van der Waals surface area contributed by atoms with Crippen molar-refractivity contribution in [2.45, 2.75) is 54.4 Å². The first kappa shape index (κ1) is 30.4. The number of benzene rings is 1.